The van der Waals surface area contributed by atoms with Gasteiger partial charge in [-0.05, 0) is 38.4 Å². The van der Waals surface area contributed by atoms with E-state index in [9.17, 15) is 17.2 Å². The maximum Gasteiger partial charge on any atom is 0.246 e. The molecule has 0 aromatic heterocycles. The first-order chi connectivity index (χ1) is 9.93. The lowest BCUT2D eigenvalue weighted by atomic mass is 10.2. The highest BCUT2D eigenvalue weighted by Crippen LogP contribution is 2.30. The number of halogens is 2. The highest BCUT2D eigenvalue weighted by atomic mass is 32.2. The lowest BCUT2D eigenvalue weighted by Crippen LogP contribution is -2.35. The molecule has 1 aliphatic rings. The first-order valence-corrected chi connectivity index (χ1v) is 8.50. The Balaban J connectivity index is 2.48. The first kappa shape index (κ1) is 16.3. The lowest BCUT2D eigenvalue weighted by Gasteiger charge is -2.23. The van der Waals surface area contributed by atoms with Gasteiger partial charge in [0, 0.05) is 24.7 Å². The second-order valence-electron chi connectivity index (χ2n) is 5.19. The first-order valence-electron chi connectivity index (χ1n) is 7.06. The van der Waals surface area contributed by atoms with Crippen molar-refractivity contribution in [3.8, 4) is 0 Å². The van der Waals surface area contributed by atoms with Crippen molar-refractivity contribution >= 4 is 10.0 Å². The van der Waals surface area contributed by atoms with Crippen LogP contribution in [0.1, 0.15) is 31.7 Å². The number of nitrogens with zero attached hydrogens (tertiary/aromatic N) is 1. The van der Waals surface area contributed by atoms with Crippen molar-refractivity contribution in [2.24, 2.45) is 0 Å². The summed E-state index contributed by atoms with van der Waals surface area (Å²) in [7, 11) is -2.38. The smallest absolute Gasteiger partial charge is 0.246 e. The van der Waals surface area contributed by atoms with Gasteiger partial charge >= 0.3 is 0 Å². The molecule has 0 aliphatic carbocycles. The van der Waals surface area contributed by atoms with E-state index in [2.05, 4.69) is 5.32 Å². The van der Waals surface area contributed by atoms with Gasteiger partial charge < -0.3 is 5.32 Å². The number of rotatable bonds is 5. The molecule has 1 N–H and O–H groups in total. The topological polar surface area (TPSA) is 49.4 Å². The summed E-state index contributed by atoms with van der Waals surface area (Å²) in [6.45, 7) is 2.24. The average molecular weight is 318 g/mol. The quantitative estimate of drug-likeness (QED) is 0.906. The van der Waals surface area contributed by atoms with Crippen molar-refractivity contribution in [1.82, 2.24) is 9.62 Å². The zero-order valence-electron chi connectivity index (χ0n) is 12.2. The molecular weight excluding hydrogens is 298 g/mol. The number of sulfonamides is 1. The van der Waals surface area contributed by atoms with Crippen LogP contribution in [0, 0.1) is 11.6 Å². The van der Waals surface area contributed by atoms with Gasteiger partial charge in [-0.2, -0.15) is 4.31 Å². The summed E-state index contributed by atoms with van der Waals surface area (Å²) in [5, 5.41) is 2.65. The fourth-order valence-electron chi connectivity index (χ4n) is 2.77. The fraction of sp³-hybridized carbons (Fsp3) is 0.571. The number of benzene rings is 1. The van der Waals surface area contributed by atoms with E-state index >= 15 is 0 Å². The van der Waals surface area contributed by atoms with E-state index in [1.165, 1.54) is 4.31 Å². The van der Waals surface area contributed by atoms with Gasteiger partial charge in [0.05, 0.1) is 0 Å². The predicted molar refractivity (Wildman–Crippen MR) is 76.3 cm³/mol. The molecule has 1 heterocycles. The molecule has 1 unspecified atom stereocenters. The van der Waals surface area contributed by atoms with Crippen molar-refractivity contribution in [1.29, 1.82) is 0 Å². The van der Waals surface area contributed by atoms with Gasteiger partial charge in [-0.15, -0.1) is 0 Å². The fourth-order valence-corrected chi connectivity index (χ4v) is 4.63. The molecule has 1 fully saturated rings. The van der Waals surface area contributed by atoms with Crippen molar-refractivity contribution in [3.05, 3.63) is 29.3 Å². The van der Waals surface area contributed by atoms with Crippen LogP contribution in [0.3, 0.4) is 0 Å². The van der Waals surface area contributed by atoms with E-state index in [-0.39, 0.29) is 18.2 Å². The van der Waals surface area contributed by atoms with Crippen molar-refractivity contribution in [3.63, 3.8) is 0 Å². The summed E-state index contributed by atoms with van der Waals surface area (Å²) >= 11 is 0. The summed E-state index contributed by atoms with van der Waals surface area (Å²) in [5.41, 5.74) is -0.245. The summed E-state index contributed by atoms with van der Waals surface area (Å²) < 4.78 is 54.7. The molecule has 1 atom stereocenters. The van der Waals surface area contributed by atoms with Gasteiger partial charge in [-0.1, -0.05) is 6.92 Å². The highest BCUT2D eigenvalue weighted by molar-refractivity contribution is 7.89. The molecule has 21 heavy (non-hydrogen) atoms. The maximum absolute atomic E-state index is 14.4. The summed E-state index contributed by atoms with van der Waals surface area (Å²) in [4.78, 5) is -0.436. The molecule has 2 rings (SSSR count). The Labute approximate surface area is 124 Å². The van der Waals surface area contributed by atoms with E-state index in [1.807, 2.05) is 6.92 Å². The normalized spacial score (nSPS) is 20.1. The minimum Gasteiger partial charge on any atom is -0.315 e. The molecular formula is C14H20F2N2O2S. The molecule has 0 saturated carbocycles. The van der Waals surface area contributed by atoms with Crippen LogP contribution in [0.2, 0.25) is 0 Å². The Hall–Kier alpha value is -1.05. The molecule has 7 heteroatoms. The van der Waals surface area contributed by atoms with Crippen LogP contribution < -0.4 is 5.32 Å². The Morgan fingerprint density at radius 1 is 1.38 bits per heavy atom. The van der Waals surface area contributed by atoms with E-state index in [0.717, 1.165) is 25.0 Å². The number of nitrogens with one attached hydrogen (secondary N) is 1. The van der Waals surface area contributed by atoms with Crippen LogP contribution >= 0.6 is 0 Å². The Kier molecular flexibility index (Phi) is 4.95. The van der Waals surface area contributed by atoms with E-state index < -0.39 is 26.6 Å². The number of hydrogen-bond acceptors (Lipinski definition) is 3. The van der Waals surface area contributed by atoms with E-state index in [0.29, 0.717) is 13.0 Å². The van der Waals surface area contributed by atoms with Gasteiger partial charge in [-0.25, -0.2) is 17.2 Å². The largest absolute Gasteiger partial charge is 0.315 e. The lowest BCUT2D eigenvalue weighted by molar-refractivity contribution is 0.376. The molecule has 0 amide bonds. The Morgan fingerprint density at radius 2 is 2.10 bits per heavy atom. The molecule has 4 nitrogen and oxygen atoms in total. The third-order valence-electron chi connectivity index (χ3n) is 3.89. The maximum atomic E-state index is 14.4. The van der Waals surface area contributed by atoms with Crippen LogP contribution in [-0.4, -0.2) is 32.4 Å². The molecule has 1 aliphatic heterocycles. The second-order valence-corrected chi connectivity index (χ2v) is 7.05. The van der Waals surface area contributed by atoms with Gasteiger partial charge in [0.2, 0.25) is 10.0 Å². The van der Waals surface area contributed by atoms with Crippen LogP contribution in [0.4, 0.5) is 8.78 Å². The zero-order chi connectivity index (χ0) is 15.6. The molecule has 0 spiro atoms. The van der Waals surface area contributed by atoms with Crippen LogP contribution in [-0.2, 0) is 16.6 Å². The highest BCUT2D eigenvalue weighted by Gasteiger charge is 2.36. The third-order valence-corrected chi connectivity index (χ3v) is 5.85. The minimum absolute atomic E-state index is 0.0573. The summed E-state index contributed by atoms with van der Waals surface area (Å²) in [5.74, 6) is -1.74. The molecule has 1 aromatic rings. The Morgan fingerprint density at radius 3 is 2.71 bits per heavy atom. The van der Waals surface area contributed by atoms with Gasteiger partial charge in [0.1, 0.15) is 10.7 Å². The van der Waals surface area contributed by atoms with Crippen molar-refractivity contribution < 1.29 is 17.2 Å². The SMILES string of the molecule is CCC1CCCN1S(=O)(=O)c1ccc(F)c(CNC)c1F. The van der Waals surface area contributed by atoms with E-state index in [4.69, 9.17) is 0 Å². The average Bonchev–Trinajstić information content (AvgIpc) is 2.92. The van der Waals surface area contributed by atoms with Crippen molar-refractivity contribution in [2.45, 2.75) is 43.7 Å². The number of hydrogen-bond donors (Lipinski definition) is 1. The van der Waals surface area contributed by atoms with Crippen LogP contribution in [0.5, 0.6) is 0 Å². The molecule has 0 radical (unpaired) electrons. The molecule has 0 bridgehead atoms. The van der Waals surface area contributed by atoms with E-state index in [1.54, 1.807) is 7.05 Å². The minimum atomic E-state index is -3.92. The third kappa shape index (κ3) is 2.95. The van der Waals surface area contributed by atoms with Gasteiger partial charge in [-0.3, -0.25) is 0 Å². The zero-order valence-corrected chi connectivity index (χ0v) is 13.0. The standard InChI is InChI=1S/C14H20F2N2O2S/c1-3-10-5-4-8-18(10)21(19,20)13-7-6-12(15)11(9-17-2)14(13)16/h6-7,10,17H,3-5,8-9H2,1-2H3. The van der Waals surface area contributed by atoms with Crippen LogP contribution in [0.15, 0.2) is 17.0 Å². The Bertz CT molecular complexity index is 620. The molecule has 1 aromatic carbocycles. The van der Waals surface area contributed by atoms with Gasteiger partial charge in [0.25, 0.3) is 0 Å². The summed E-state index contributed by atoms with van der Waals surface area (Å²) in [6, 6.07) is 1.93. The van der Waals surface area contributed by atoms with Crippen LogP contribution in [0.25, 0.3) is 0 Å². The van der Waals surface area contributed by atoms with Gasteiger partial charge in [0.15, 0.2) is 5.82 Å². The summed E-state index contributed by atoms with van der Waals surface area (Å²) in [6.07, 6.45) is 2.23. The monoisotopic (exact) mass is 318 g/mol. The second kappa shape index (κ2) is 6.37. The molecule has 118 valence electrons. The van der Waals surface area contributed by atoms with Crippen molar-refractivity contribution in [2.75, 3.05) is 13.6 Å². The molecule has 1 saturated heterocycles. The predicted octanol–water partition coefficient (Wildman–Crippen LogP) is 2.25.